The van der Waals surface area contributed by atoms with Crippen molar-refractivity contribution in [2.75, 3.05) is 11.9 Å². The number of aryl methyl sites for hydroxylation is 1. The van der Waals surface area contributed by atoms with E-state index in [4.69, 9.17) is 16.3 Å². The molecule has 1 saturated heterocycles. The highest BCUT2D eigenvalue weighted by Gasteiger charge is 2.40. The highest BCUT2D eigenvalue weighted by atomic mass is 35.5. The minimum atomic E-state index is -0.786. The van der Waals surface area contributed by atoms with Crippen LogP contribution in [0.2, 0.25) is 5.15 Å². The van der Waals surface area contributed by atoms with Crippen molar-refractivity contribution in [1.82, 2.24) is 19.4 Å². The summed E-state index contributed by atoms with van der Waals surface area (Å²) in [5.74, 6) is 0. The fourth-order valence-corrected chi connectivity index (χ4v) is 3.83. The third-order valence-electron chi connectivity index (χ3n) is 5.40. The second-order valence-corrected chi connectivity index (χ2v) is 7.53. The summed E-state index contributed by atoms with van der Waals surface area (Å²) in [4.78, 5) is 28.5. The van der Waals surface area contributed by atoms with Gasteiger partial charge in [-0.2, -0.15) is 5.26 Å². The van der Waals surface area contributed by atoms with Crippen LogP contribution in [0.1, 0.15) is 18.9 Å². The molecule has 1 aliphatic rings. The number of benzene rings is 1. The Morgan fingerprint density at radius 3 is 2.83 bits per heavy atom. The smallest absolute Gasteiger partial charge is 0.407 e. The summed E-state index contributed by atoms with van der Waals surface area (Å²) >= 11 is 6.01. The number of cyclic esters (lactones) is 1. The Bertz CT molecular complexity index is 1260. The first-order valence-corrected chi connectivity index (χ1v) is 9.73. The van der Waals surface area contributed by atoms with E-state index < -0.39 is 11.7 Å². The first kappa shape index (κ1) is 19.8. The van der Waals surface area contributed by atoms with E-state index in [2.05, 4.69) is 15.6 Å². The number of hydrogen-bond donors (Lipinski definition) is 2. The van der Waals surface area contributed by atoms with Crippen molar-refractivity contribution in [3.8, 4) is 6.07 Å². The molecular formula is C20H19ClN6O3. The number of alkyl carbamates (subject to hydrolysis) is 1. The number of halogens is 1. The largest absolute Gasteiger partial charge is 0.439 e. The van der Waals surface area contributed by atoms with Gasteiger partial charge in [-0.25, -0.2) is 14.6 Å². The number of aromatic nitrogens is 3. The number of imidazole rings is 1. The van der Waals surface area contributed by atoms with Gasteiger partial charge >= 0.3 is 11.8 Å². The van der Waals surface area contributed by atoms with Crippen molar-refractivity contribution in [2.24, 2.45) is 7.05 Å². The third-order valence-corrected chi connectivity index (χ3v) is 5.68. The van der Waals surface area contributed by atoms with E-state index in [0.717, 1.165) is 5.52 Å². The molecule has 4 rings (SSSR count). The fourth-order valence-electron chi connectivity index (χ4n) is 3.63. The molecule has 10 heteroatoms. The molecular weight excluding hydrogens is 408 g/mol. The number of rotatable bonds is 5. The Morgan fingerprint density at radius 1 is 1.37 bits per heavy atom. The van der Waals surface area contributed by atoms with Crippen molar-refractivity contribution in [3.63, 3.8) is 0 Å². The Hall–Kier alpha value is -3.51. The zero-order chi connectivity index (χ0) is 21.5. The molecule has 3 heterocycles. The van der Waals surface area contributed by atoms with Crippen LogP contribution < -0.4 is 16.3 Å². The molecule has 3 aromatic rings. The van der Waals surface area contributed by atoms with Crippen LogP contribution in [0.3, 0.4) is 0 Å². The molecule has 1 amide bonds. The Kier molecular flexibility index (Phi) is 4.87. The lowest BCUT2D eigenvalue weighted by Gasteiger charge is -2.25. The number of nitrogens with zero attached hydrogens (tertiary/aromatic N) is 4. The molecule has 1 atom stereocenters. The van der Waals surface area contributed by atoms with Crippen molar-refractivity contribution >= 4 is 40.1 Å². The van der Waals surface area contributed by atoms with Gasteiger partial charge in [-0.15, -0.1) is 0 Å². The highest BCUT2D eigenvalue weighted by Crippen LogP contribution is 2.28. The zero-order valence-corrected chi connectivity index (χ0v) is 17.2. The lowest BCUT2D eigenvalue weighted by molar-refractivity contribution is 0.0391. The molecule has 1 aliphatic heterocycles. The molecule has 1 aromatic carbocycles. The number of carbonyl (C=O) groups is 1. The molecule has 0 saturated carbocycles. The van der Waals surface area contributed by atoms with Crippen LogP contribution in [0.4, 0.5) is 16.2 Å². The van der Waals surface area contributed by atoms with Gasteiger partial charge in [0, 0.05) is 18.9 Å². The summed E-state index contributed by atoms with van der Waals surface area (Å²) in [7, 11) is 1.70. The second-order valence-electron chi connectivity index (χ2n) is 7.17. The number of amides is 1. The van der Waals surface area contributed by atoms with Gasteiger partial charge in [0.05, 0.1) is 29.8 Å². The van der Waals surface area contributed by atoms with E-state index >= 15 is 0 Å². The molecule has 30 heavy (non-hydrogen) atoms. The summed E-state index contributed by atoms with van der Waals surface area (Å²) in [5.41, 5.74) is 1.85. The molecule has 0 radical (unpaired) electrons. The van der Waals surface area contributed by atoms with Gasteiger partial charge in [0.2, 0.25) is 0 Å². The second kappa shape index (κ2) is 7.39. The van der Waals surface area contributed by atoms with E-state index in [-0.39, 0.29) is 23.0 Å². The van der Waals surface area contributed by atoms with E-state index in [1.54, 1.807) is 22.2 Å². The Morgan fingerprint density at radius 2 is 2.17 bits per heavy atom. The molecule has 9 nitrogen and oxygen atoms in total. The predicted molar refractivity (Wildman–Crippen MR) is 112 cm³/mol. The molecule has 0 bridgehead atoms. The Labute approximate surface area is 176 Å². The van der Waals surface area contributed by atoms with E-state index in [1.807, 2.05) is 31.2 Å². The molecule has 154 valence electrons. The van der Waals surface area contributed by atoms with Crippen LogP contribution in [-0.4, -0.2) is 32.4 Å². The molecule has 1 fully saturated rings. The van der Waals surface area contributed by atoms with Gasteiger partial charge in [-0.3, -0.25) is 9.13 Å². The van der Waals surface area contributed by atoms with Crippen LogP contribution in [-0.2, 0) is 18.3 Å². The van der Waals surface area contributed by atoms with Crippen molar-refractivity contribution in [2.45, 2.75) is 25.5 Å². The summed E-state index contributed by atoms with van der Waals surface area (Å²) in [6.07, 6.45) is 1.59. The molecule has 0 aliphatic carbocycles. The van der Waals surface area contributed by atoms with Gasteiger partial charge in [0.1, 0.15) is 22.4 Å². The first-order valence-electron chi connectivity index (χ1n) is 9.35. The minimum Gasteiger partial charge on any atom is -0.439 e. The number of nitrogens with one attached hydrogen (secondary N) is 2. The topological polar surface area (TPSA) is 114 Å². The van der Waals surface area contributed by atoms with Gasteiger partial charge in [-0.05, 0) is 30.7 Å². The standard InChI is InChI=1S/C20H19ClN6O3/c1-3-20(10-24-18(28)30-20)11-27-16-8-12(4-5-15(16)26(2)19(27)29)25-14-6-7-23-17(21)13(14)9-22/h4-8H,3,10-11H2,1-2H3,(H,23,25)(H,24,28). The maximum atomic E-state index is 12.9. The normalized spacial score (nSPS) is 18.1. The summed E-state index contributed by atoms with van der Waals surface area (Å²) in [5, 5.41) is 15.3. The van der Waals surface area contributed by atoms with E-state index in [9.17, 15) is 14.9 Å². The van der Waals surface area contributed by atoms with Crippen LogP contribution >= 0.6 is 11.6 Å². The molecule has 2 N–H and O–H groups in total. The van der Waals surface area contributed by atoms with Crippen molar-refractivity contribution < 1.29 is 9.53 Å². The van der Waals surface area contributed by atoms with Crippen LogP contribution in [0.15, 0.2) is 35.3 Å². The number of fused-ring (bicyclic) bond motifs is 1. The average molecular weight is 427 g/mol. The van der Waals surface area contributed by atoms with E-state index in [1.165, 1.54) is 6.20 Å². The number of nitriles is 1. The number of hydrogen-bond acceptors (Lipinski definition) is 6. The number of carbonyl (C=O) groups excluding carboxylic acids is 1. The molecule has 1 unspecified atom stereocenters. The van der Waals surface area contributed by atoms with Crippen molar-refractivity contribution in [3.05, 3.63) is 51.7 Å². The summed E-state index contributed by atoms with van der Waals surface area (Å²) < 4.78 is 8.65. The van der Waals surface area contributed by atoms with Crippen LogP contribution in [0.25, 0.3) is 11.0 Å². The maximum absolute atomic E-state index is 12.9. The van der Waals surface area contributed by atoms with Gasteiger partial charge in [0.25, 0.3) is 0 Å². The van der Waals surface area contributed by atoms with Crippen LogP contribution in [0.5, 0.6) is 0 Å². The van der Waals surface area contributed by atoms with Gasteiger partial charge in [0.15, 0.2) is 0 Å². The predicted octanol–water partition coefficient (Wildman–Crippen LogP) is 2.89. The third kappa shape index (κ3) is 3.25. The monoisotopic (exact) mass is 426 g/mol. The van der Waals surface area contributed by atoms with E-state index in [0.29, 0.717) is 29.9 Å². The molecule has 2 aromatic heterocycles. The fraction of sp³-hybridized carbons (Fsp3) is 0.300. The van der Waals surface area contributed by atoms with Crippen molar-refractivity contribution in [1.29, 1.82) is 5.26 Å². The highest BCUT2D eigenvalue weighted by molar-refractivity contribution is 6.31. The van der Waals surface area contributed by atoms with Gasteiger partial charge in [-0.1, -0.05) is 18.5 Å². The first-order chi connectivity index (χ1) is 14.4. The quantitative estimate of drug-likeness (QED) is 0.606. The summed E-state index contributed by atoms with van der Waals surface area (Å²) in [6.45, 7) is 2.48. The lowest BCUT2D eigenvalue weighted by atomic mass is 10.0. The SMILES string of the molecule is CCC1(Cn2c(=O)n(C)c3ccc(Nc4ccnc(Cl)c4C#N)cc32)CNC(=O)O1. The average Bonchev–Trinajstić information content (AvgIpc) is 3.22. The lowest BCUT2D eigenvalue weighted by Crippen LogP contribution is -2.40. The Balaban J connectivity index is 1.77. The number of pyridine rings is 1. The minimum absolute atomic E-state index is 0.112. The van der Waals surface area contributed by atoms with Gasteiger partial charge < -0.3 is 15.4 Å². The maximum Gasteiger partial charge on any atom is 0.407 e. The van der Waals surface area contributed by atoms with Crippen LogP contribution in [0, 0.1) is 11.3 Å². The molecule has 0 spiro atoms. The zero-order valence-electron chi connectivity index (χ0n) is 16.4. The summed E-state index contributed by atoms with van der Waals surface area (Å²) in [6, 6.07) is 9.15. The number of anilines is 2. The number of ether oxygens (including phenoxy) is 1.